The van der Waals surface area contributed by atoms with Gasteiger partial charge in [0, 0.05) is 17.4 Å². The Morgan fingerprint density at radius 1 is 1.03 bits per heavy atom. The molecule has 0 spiro atoms. The molecule has 2 aromatic carbocycles. The average molecular weight is 476 g/mol. The first-order valence-electron chi connectivity index (χ1n) is 10.0. The Bertz CT molecular complexity index is 989. The SMILES string of the molecule is COC(=O)[C@@H]1O[C@@](C)(C(F)(F)F)[C@@H](C)[C@H]1c1cccc(C(F)(F)F)c1OCc1ccccc1. The van der Waals surface area contributed by atoms with Gasteiger partial charge in [-0.05, 0) is 18.6 Å². The highest BCUT2D eigenvalue weighted by atomic mass is 19.4. The van der Waals surface area contributed by atoms with E-state index in [0.29, 0.717) is 5.56 Å². The van der Waals surface area contributed by atoms with Crippen molar-refractivity contribution < 1.29 is 45.3 Å². The Morgan fingerprint density at radius 2 is 1.67 bits per heavy atom. The molecule has 1 saturated heterocycles. The first-order valence-corrected chi connectivity index (χ1v) is 10.0. The van der Waals surface area contributed by atoms with E-state index in [0.717, 1.165) is 26.2 Å². The van der Waals surface area contributed by atoms with Crippen LogP contribution in [0.15, 0.2) is 48.5 Å². The molecule has 3 rings (SSSR count). The number of ether oxygens (including phenoxy) is 3. The number of hydrogen-bond donors (Lipinski definition) is 0. The van der Waals surface area contributed by atoms with E-state index in [-0.39, 0.29) is 12.2 Å². The molecule has 0 radical (unpaired) electrons. The summed E-state index contributed by atoms with van der Waals surface area (Å²) in [4.78, 5) is 12.4. The van der Waals surface area contributed by atoms with E-state index in [2.05, 4.69) is 4.74 Å². The molecule has 180 valence electrons. The Hall–Kier alpha value is -2.75. The molecule has 0 saturated carbocycles. The first kappa shape index (κ1) is 24.9. The summed E-state index contributed by atoms with van der Waals surface area (Å²) in [5, 5.41) is 0. The Kier molecular flexibility index (Phi) is 6.70. The maximum absolute atomic E-state index is 13.9. The molecule has 0 aliphatic carbocycles. The van der Waals surface area contributed by atoms with Crippen molar-refractivity contribution in [1.82, 2.24) is 0 Å². The largest absolute Gasteiger partial charge is 0.488 e. The minimum atomic E-state index is -4.89. The van der Waals surface area contributed by atoms with Gasteiger partial charge in [-0.15, -0.1) is 0 Å². The molecular weight excluding hydrogens is 454 g/mol. The summed E-state index contributed by atoms with van der Waals surface area (Å²) < 4.78 is 98.4. The third kappa shape index (κ3) is 4.66. The molecule has 2 aromatic rings. The predicted molar refractivity (Wildman–Crippen MR) is 105 cm³/mol. The van der Waals surface area contributed by atoms with E-state index in [9.17, 15) is 31.1 Å². The lowest BCUT2D eigenvalue weighted by Gasteiger charge is -2.32. The molecule has 0 bridgehead atoms. The summed E-state index contributed by atoms with van der Waals surface area (Å²) in [6.07, 6.45) is -11.5. The van der Waals surface area contributed by atoms with Gasteiger partial charge in [0.1, 0.15) is 12.4 Å². The molecule has 0 unspecified atom stereocenters. The molecule has 1 heterocycles. The minimum Gasteiger partial charge on any atom is -0.488 e. The number of hydrogen-bond acceptors (Lipinski definition) is 4. The van der Waals surface area contributed by atoms with Crippen LogP contribution >= 0.6 is 0 Å². The zero-order valence-corrected chi connectivity index (χ0v) is 18.0. The molecule has 4 atom stereocenters. The lowest BCUT2D eigenvalue weighted by Crippen LogP contribution is -2.47. The van der Waals surface area contributed by atoms with Gasteiger partial charge in [0.15, 0.2) is 11.7 Å². The molecule has 0 N–H and O–H groups in total. The Morgan fingerprint density at radius 3 is 2.21 bits per heavy atom. The molecule has 0 amide bonds. The molecule has 1 aliphatic heterocycles. The number of methoxy groups -OCH3 is 1. The predicted octanol–water partition coefficient (Wildman–Crippen LogP) is 5.90. The third-order valence-corrected chi connectivity index (χ3v) is 6.04. The van der Waals surface area contributed by atoms with Crippen molar-refractivity contribution in [1.29, 1.82) is 0 Å². The van der Waals surface area contributed by atoms with Crippen molar-refractivity contribution in [2.24, 2.45) is 5.92 Å². The van der Waals surface area contributed by atoms with E-state index in [1.807, 2.05) is 0 Å². The zero-order chi connectivity index (χ0) is 24.6. The summed E-state index contributed by atoms with van der Waals surface area (Å²) >= 11 is 0. The van der Waals surface area contributed by atoms with Crippen LogP contribution in [0, 0.1) is 5.92 Å². The van der Waals surface area contributed by atoms with Crippen molar-refractivity contribution in [2.75, 3.05) is 7.11 Å². The van der Waals surface area contributed by atoms with Gasteiger partial charge < -0.3 is 14.2 Å². The number of benzene rings is 2. The number of halogens is 6. The third-order valence-electron chi connectivity index (χ3n) is 6.04. The lowest BCUT2D eigenvalue weighted by molar-refractivity contribution is -0.274. The van der Waals surface area contributed by atoms with Crippen LogP contribution in [0.3, 0.4) is 0 Å². The maximum atomic E-state index is 13.9. The smallest absolute Gasteiger partial charge is 0.419 e. The van der Waals surface area contributed by atoms with Crippen LogP contribution in [0.4, 0.5) is 26.3 Å². The van der Waals surface area contributed by atoms with Crippen LogP contribution < -0.4 is 4.74 Å². The summed E-state index contributed by atoms with van der Waals surface area (Å²) in [5.74, 6) is -4.60. The standard InChI is InChI=1S/C23H22F6O4/c1-13-17(19(20(30)31-3)33-21(13,2)23(27,28)29)15-10-7-11-16(22(24,25)26)18(15)32-12-14-8-5-4-6-9-14/h4-11,13,17,19H,12H2,1-3H3/t13-,17-,19+,21+/m0/s1. The molecule has 1 aliphatic rings. The van der Waals surface area contributed by atoms with Crippen molar-refractivity contribution in [3.63, 3.8) is 0 Å². The van der Waals surface area contributed by atoms with Crippen LogP contribution in [0.1, 0.15) is 36.5 Å². The second kappa shape index (κ2) is 8.89. The monoisotopic (exact) mass is 476 g/mol. The number of esters is 1. The molecule has 4 nitrogen and oxygen atoms in total. The number of para-hydroxylation sites is 1. The summed E-state index contributed by atoms with van der Waals surface area (Å²) in [6.45, 7) is 1.69. The molecule has 1 fully saturated rings. The normalized spacial score (nSPS) is 25.7. The van der Waals surface area contributed by atoms with E-state index in [1.54, 1.807) is 30.3 Å². The van der Waals surface area contributed by atoms with Gasteiger partial charge in [-0.2, -0.15) is 26.3 Å². The van der Waals surface area contributed by atoms with Crippen LogP contribution in [0.5, 0.6) is 5.75 Å². The fourth-order valence-electron chi connectivity index (χ4n) is 4.05. The molecular formula is C23H22F6O4. The second-order valence-corrected chi connectivity index (χ2v) is 7.98. The summed E-state index contributed by atoms with van der Waals surface area (Å²) in [5.41, 5.74) is -3.61. The topological polar surface area (TPSA) is 44.8 Å². The van der Waals surface area contributed by atoms with Gasteiger partial charge in [-0.3, -0.25) is 0 Å². The Balaban J connectivity index is 2.15. The second-order valence-electron chi connectivity index (χ2n) is 7.98. The summed E-state index contributed by atoms with van der Waals surface area (Å²) in [7, 11) is 0.968. The van der Waals surface area contributed by atoms with E-state index < -0.39 is 53.2 Å². The average Bonchev–Trinajstić information content (AvgIpc) is 3.03. The van der Waals surface area contributed by atoms with Crippen LogP contribution in [0.2, 0.25) is 0 Å². The van der Waals surface area contributed by atoms with Crippen LogP contribution in [-0.2, 0) is 27.1 Å². The highest BCUT2D eigenvalue weighted by Crippen LogP contribution is 2.55. The van der Waals surface area contributed by atoms with Crippen molar-refractivity contribution in [2.45, 2.75) is 50.4 Å². The molecule has 33 heavy (non-hydrogen) atoms. The van der Waals surface area contributed by atoms with Gasteiger partial charge in [-0.25, -0.2) is 4.79 Å². The Labute approximate surface area is 186 Å². The van der Waals surface area contributed by atoms with E-state index in [4.69, 9.17) is 9.47 Å². The fraction of sp³-hybridized carbons (Fsp3) is 0.435. The number of carbonyl (C=O) groups is 1. The highest BCUT2D eigenvalue weighted by molar-refractivity contribution is 5.77. The first-order chi connectivity index (χ1) is 15.3. The van der Waals surface area contributed by atoms with E-state index in [1.165, 1.54) is 13.0 Å². The van der Waals surface area contributed by atoms with Gasteiger partial charge in [0.25, 0.3) is 0 Å². The number of carbonyl (C=O) groups excluding carboxylic acids is 1. The summed E-state index contributed by atoms with van der Waals surface area (Å²) in [6, 6.07) is 11.4. The van der Waals surface area contributed by atoms with Crippen molar-refractivity contribution in [3.8, 4) is 5.75 Å². The fourth-order valence-corrected chi connectivity index (χ4v) is 4.05. The molecule has 10 heteroatoms. The van der Waals surface area contributed by atoms with Crippen LogP contribution in [-0.4, -0.2) is 31.0 Å². The molecule has 0 aromatic heterocycles. The van der Waals surface area contributed by atoms with Gasteiger partial charge >= 0.3 is 18.3 Å². The lowest BCUT2D eigenvalue weighted by atomic mass is 9.76. The van der Waals surface area contributed by atoms with E-state index >= 15 is 0 Å². The van der Waals surface area contributed by atoms with Crippen LogP contribution in [0.25, 0.3) is 0 Å². The zero-order valence-electron chi connectivity index (χ0n) is 18.0. The van der Waals surface area contributed by atoms with Crippen molar-refractivity contribution in [3.05, 3.63) is 65.2 Å². The minimum absolute atomic E-state index is 0.211. The van der Waals surface area contributed by atoms with Gasteiger partial charge in [-0.1, -0.05) is 49.4 Å². The van der Waals surface area contributed by atoms with Crippen molar-refractivity contribution >= 4 is 5.97 Å². The number of alkyl halides is 6. The van der Waals surface area contributed by atoms with Gasteiger partial charge in [0.2, 0.25) is 0 Å². The quantitative estimate of drug-likeness (QED) is 0.398. The van der Waals surface area contributed by atoms with Gasteiger partial charge in [0.05, 0.1) is 12.7 Å². The number of rotatable bonds is 5. The maximum Gasteiger partial charge on any atom is 0.419 e. The highest BCUT2D eigenvalue weighted by Gasteiger charge is 2.66.